The fraction of sp³-hybridized carbons (Fsp3) is 0.409. The van der Waals surface area contributed by atoms with Crippen molar-refractivity contribution in [2.24, 2.45) is 0 Å². The fourth-order valence-corrected chi connectivity index (χ4v) is 4.83. The summed E-state index contributed by atoms with van der Waals surface area (Å²) in [4.78, 5) is 5.35. The Balaban J connectivity index is 1.60. The van der Waals surface area contributed by atoms with E-state index in [0.717, 1.165) is 21.2 Å². The molecule has 1 aliphatic heterocycles. The Kier molecular flexibility index (Phi) is 6.24. The minimum atomic E-state index is -1.47. The second kappa shape index (κ2) is 8.63. The van der Waals surface area contributed by atoms with Gasteiger partial charge in [0.1, 0.15) is 36.3 Å². The van der Waals surface area contributed by atoms with Crippen molar-refractivity contribution in [3.8, 4) is 10.6 Å². The van der Waals surface area contributed by atoms with Crippen molar-refractivity contribution in [3.63, 3.8) is 0 Å². The molecule has 1 aliphatic rings. The third-order valence-corrected chi connectivity index (χ3v) is 6.75. The highest BCUT2D eigenvalue weighted by molar-refractivity contribution is 7.15. The zero-order chi connectivity index (χ0) is 22.3. The van der Waals surface area contributed by atoms with Crippen LogP contribution in [-0.4, -0.2) is 55.4 Å². The van der Waals surface area contributed by atoms with Crippen LogP contribution in [0.2, 0.25) is 5.02 Å². The highest BCUT2D eigenvalue weighted by Crippen LogP contribution is 2.38. The molecule has 2 aromatic heterocycles. The van der Waals surface area contributed by atoms with E-state index in [0.29, 0.717) is 17.0 Å². The first-order valence-corrected chi connectivity index (χ1v) is 11.0. The minimum Gasteiger partial charge on any atom is -0.463 e. The van der Waals surface area contributed by atoms with E-state index in [1.807, 2.05) is 12.1 Å². The van der Waals surface area contributed by atoms with Crippen LogP contribution >= 0.6 is 22.9 Å². The molecule has 0 unspecified atom stereocenters. The van der Waals surface area contributed by atoms with Gasteiger partial charge in [-0.1, -0.05) is 23.7 Å². The highest BCUT2D eigenvalue weighted by Gasteiger charge is 2.49. The molecule has 1 aromatic carbocycles. The zero-order valence-corrected chi connectivity index (χ0v) is 18.5. The molecule has 0 radical (unpaired) electrons. The first kappa shape index (κ1) is 22.4. The van der Waals surface area contributed by atoms with E-state index in [1.54, 1.807) is 30.7 Å². The van der Waals surface area contributed by atoms with Crippen LogP contribution in [0.4, 0.5) is 0 Å². The highest BCUT2D eigenvalue weighted by atomic mass is 35.5. The van der Waals surface area contributed by atoms with Crippen molar-refractivity contribution in [3.05, 3.63) is 63.9 Å². The van der Waals surface area contributed by atoms with Crippen LogP contribution in [-0.2, 0) is 11.2 Å². The third-order valence-electron chi connectivity index (χ3n) is 5.37. The van der Waals surface area contributed by atoms with E-state index in [2.05, 4.69) is 4.98 Å². The van der Waals surface area contributed by atoms with Crippen LogP contribution in [0.15, 0.2) is 47.2 Å². The van der Waals surface area contributed by atoms with E-state index in [-0.39, 0.29) is 0 Å². The number of aliphatic hydroxyl groups excluding tert-OH is 3. The van der Waals surface area contributed by atoms with Crippen LogP contribution in [0.25, 0.3) is 10.6 Å². The summed E-state index contributed by atoms with van der Waals surface area (Å²) < 4.78 is 11.3. The van der Waals surface area contributed by atoms with Gasteiger partial charge >= 0.3 is 0 Å². The monoisotopic (exact) mass is 465 g/mol. The van der Waals surface area contributed by atoms with Crippen LogP contribution in [0.3, 0.4) is 0 Å². The molecule has 3 heterocycles. The van der Waals surface area contributed by atoms with Gasteiger partial charge in [-0.3, -0.25) is 0 Å². The number of halogens is 1. The van der Waals surface area contributed by atoms with Crippen LogP contribution in [0, 0.1) is 0 Å². The van der Waals surface area contributed by atoms with Crippen molar-refractivity contribution in [2.45, 2.75) is 56.4 Å². The molecule has 0 aliphatic carbocycles. The van der Waals surface area contributed by atoms with E-state index in [1.165, 1.54) is 25.2 Å². The van der Waals surface area contributed by atoms with Gasteiger partial charge in [0.25, 0.3) is 0 Å². The largest absolute Gasteiger partial charge is 0.463 e. The number of benzene rings is 1. The molecule has 4 N–H and O–H groups in total. The number of nitrogens with zero attached hydrogens (tertiary/aromatic N) is 1. The molecule has 0 amide bonds. The summed E-state index contributed by atoms with van der Waals surface area (Å²) in [6.07, 6.45) is -2.47. The topological polar surface area (TPSA) is 116 Å². The van der Waals surface area contributed by atoms with E-state index >= 15 is 0 Å². The molecule has 4 rings (SSSR count). The normalized spacial score (nSPS) is 26.9. The van der Waals surface area contributed by atoms with Crippen LogP contribution in [0.5, 0.6) is 0 Å². The number of ether oxygens (including phenoxy) is 1. The number of aliphatic hydroxyl groups is 4. The van der Waals surface area contributed by atoms with Crippen molar-refractivity contribution >= 4 is 22.9 Å². The zero-order valence-electron chi connectivity index (χ0n) is 17.0. The van der Waals surface area contributed by atoms with Gasteiger partial charge in [-0.15, -0.1) is 11.3 Å². The molecule has 1 saturated heterocycles. The number of rotatable bonds is 5. The standard InChI is InChI=1S/C22H24ClNO6S/c1-22(2,28)21-19(27)17(25)18(26)20(30-21)11-5-6-13(23)12(8-11)9-16-24-10-15(31-16)14-4-3-7-29-14/h3-8,10,17-21,25-28H,9H2,1-2H3/t17-,18-,19+,20+,21+/m1/s1. The summed E-state index contributed by atoms with van der Waals surface area (Å²) in [6.45, 7) is 2.96. The third kappa shape index (κ3) is 4.56. The SMILES string of the molecule is CC(C)(O)[C@H]1O[C@@H](c2ccc(Cl)c(Cc3ncc(-c4ccco4)s3)c2)[C@H](O)[C@@H](O)[C@@H]1O. The summed E-state index contributed by atoms with van der Waals surface area (Å²) in [5, 5.41) is 42.8. The molecule has 1 fully saturated rings. The Morgan fingerprint density at radius 1 is 1.13 bits per heavy atom. The van der Waals surface area contributed by atoms with E-state index in [4.69, 9.17) is 20.8 Å². The van der Waals surface area contributed by atoms with Crippen LogP contribution < -0.4 is 0 Å². The summed E-state index contributed by atoms with van der Waals surface area (Å²) >= 11 is 7.90. The van der Waals surface area contributed by atoms with Gasteiger partial charge in [0.15, 0.2) is 0 Å². The van der Waals surface area contributed by atoms with Gasteiger partial charge in [-0.2, -0.15) is 0 Å². The first-order valence-electron chi connectivity index (χ1n) is 9.84. The molecule has 0 spiro atoms. The van der Waals surface area contributed by atoms with E-state index in [9.17, 15) is 20.4 Å². The van der Waals surface area contributed by atoms with Crippen molar-refractivity contribution in [1.82, 2.24) is 4.98 Å². The van der Waals surface area contributed by atoms with Gasteiger partial charge in [-0.25, -0.2) is 4.98 Å². The number of aromatic nitrogens is 1. The summed E-state index contributed by atoms with van der Waals surface area (Å²) in [6, 6.07) is 8.86. The van der Waals surface area contributed by atoms with Gasteiger partial charge in [0, 0.05) is 17.6 Å². The van der Waals surface area contributed by atoms with Crippen molar-refractivity contribution in [1.29, 1.82) is 0 Å². The fourth-order valence-electron chi connectivity index (χ4n) is 3.73. The summed E-state index contributed by atoms with van der Waals surface area (Å²) in [7, 11) is 0. The Morgan fingerprint density at radius 3 is 2.58 bits per heavy atom. The van der Waals surface area contributed by atoms with Crippen molar-refractivity contribution < 1.29 is 29.6 Å². The lowest BCUT2D eigenvalue weighted by molar-refractivity contribution is -0.261. The number of hydrogen-bond donors (Lipinski definition) is 4. The summed E-state index contributed by atoms with van der Waals surface area (Å²) in [5.41, 5.74) is -0.0670. The average molecular weight is 466 g/mol. The Morgan fingerprint density at radius 2 is 1.90 bits per heavy atom. The molecular formula is C22H24ClNO6S. The lowest BCUT2D eigenvalue weighted by atomic mass is 9.85. The predicted octanol–water partition coefficient (Wildman–Crippen LogP) is 2.94. The smallest absolute Gasteiger partial charge is 0.145 e. The Labute approximate surface area is 188 Å². The van der Waals surface area contributed by atoms with Gasteiger partial charge in [-0.05, 0) is 43.2 Å². The maximum Gasteiger partial charge on any atom is 0.145 e. The van der Waals surface area contributed by atoms with Gasteiger partial charge in [0.05, 0.1) is 21.7 Å². The second-order valence-electron chi connectivity index (χ2n) is 8.23. The quantitative estimate of drug-likeness (QED) is 0.457. The van der Waals surface area contributed by atoms with Gasteiger partial charge < -0.3 is 29.6 Å². The molecule has 3 aromatic rings. The first-order chi connectivity index (χ1) is 14.6. The molecule has 5 atom stereocenters. The summed E-state index contributed by atoms with van der Waals surface area (Å²) in [5.74, 6) is 0.743. The number of thiazole rings is 1. The molecule has 166 valence electrons. The second-order valence-corrected chi connectivity index (χ2v) is 9.75. The molecule has 7 nitrogen and oxygen atoms in total. The molecular weight excluding hydrogens is 442 g/mol. The van der Waals surface area contributed by atoms with Crippen LogP contribution in [0.1, 0.15) is 36.1 Å². The van der Waals surface area contributed by atoms with Gasteiger partial charge in [0.2, 0.25) is 0 Å². The number of hydrogen-bond acceptors (Lipinski definition) is 8. The lowest BCUT2D eigenvalue weighted by Crippen LogP contribution is -2.60. The lowest BCUT2D eigenvalue weighted by Gasteiger charge is -2.45. The average Bonchev–Trinajstić information content (AvgIpc) is 3.39. The molecule has 9 heteroatoms. The van der Waals surface area contributed by atoms with E-state index < -0.39 is 36.1 Å². The Bertz CT molecular complexity index is 1030. The maximum atomic E-state index is 10.5. The Hall–Kier alpha value is -1.78. The molecule has 0 bridgehead atoms. The van der Waals surface area contributed by atoms with Crippen molar-refractivity contribution in [2.75, 3.05) is 0 Å². The molecule has 31 heavy (non-hydrogen) atoms. The maximum absolute atomic E-state index is 10.5. The predicted molar refractivity (Wildman–Crippen MR) is 116 cm³/mol. The number of furan rings is 1. The molecule has 0 saturated carbocycles. The minimum absolute atomic E-state index is 0.459.